The van der Waals surface area contributed by atoms with Crippen LogP contribution in [0.15, 0.2) is 61.2 Å². The molecule has 3 rings (SSSR count). The molecule has 3 unspecified atom stereocenters. The van der Waals surface area contributed by atoms with E-state index in [1.54, 1.807) is 12.1 Å². The maximum atomic E-state index is 12.9. The molecule has 1 fully saturated rings. The van der Waals surface area contributed by atoms with Gasteiger partial charge in [0.1, 0.15) is 0 Å². The van der Waals surface area contributed by atoms with Crippen molar-refractivity contribution in [3.63, 3.8) is 0 Å². The lowest BCUT2D eigenvalue weighted by Crippen LogP contribution is -2.53. The smallest absolute Gasteiger partial charge is 0.223 e. The number of carbonyl (C=O) groups is 1. The molecule has 31 heavy (non-hydrogen) atoms. The number of benzene rings is 2. The largest absolute Gasteiger partial charge is 0.388 e. The van der Waals surface area contributed by atoms with Crippen molar-refractivity contribution in [3.8, 4) is 0 Å². The summed E-state index contributed by atoms with van der Waals surface area (Å²) in [6.45, 7) is 8.03. The Labute approximate surface area is 195 Å². The Morgan fingerprint density at radius 1 is 1.19 bits per heavy atom. The first kappa shape index (κ1) is 23.8. The minimum absolute atomic E-state index is 0.0240. The van der Waals surface area contributed by atoms with Gasteiger partial charge in [-0.15, -0.1) is 6.58 Å². The fraction of sp³-hybridized carbons (Fsp3) is 0.423. The SMILES string of the molecule is C=CCC1C[C@H](c2cccc(Cl)c2)[C@H](C(C)C(CC)[C@H](O)c2ccc(Cl)cc2)NC1=O. The van der Waals surface area contributed by atoms with Gasteiger partial charge in [0.15, 0.2) is 0 Å². The molecule has 6 atom stereocenters. The van der Waals surface area contributed by atoms with E-state index in [1.807, 2.05) is 36.4 Å². The van der Waals surface area contributed by atoms with Gasteiger partial charge in [0.25, 0.3) is 0 Å². The molecule has 0 aromatic heterocycles. The lowest BCUT2D eigenvalue weighted by Gasteiger charge is -2.43. The van der Waals surface area contributed by atoms with Crippen molar-refractivity contribution in [2.24, 2.45) is 17.8 Å². The summed E-state index contributed by atoms with van der Waals surface area (Å²) >= 11 is 12.3. The molecular formula is C26H31Cl2NO2. The van der Waals surface area contributed by atoms with E-state index in [0.29, 0.717) is 16.5 Å². The van der Waals surface area contributed by atoms with E-state index in [0.717, 1.165) is 24.0 Å². The second-order valence-corrected chi connectivity index (χ2v) is 9.45. The summed E-state index contributed by atoms with van der Waals surface area (Å²) in [6.07, 6.45) is 3.34. The van der Waals surface area contributed by atoms with E-state index < -0.39 is 6.10 Å². The van der Waals surface area contributed by atoms with Gasteiger partial charge in [-0.05, 0) is 60.1 Å². The fourth-order valence-corrected chi connectivity index (χ4v) is 5.31. The molecule has 0 radical (unpaired) electrons. The molecule has 1 saturated heterocycles. The molecule has 0 bridgehead atoms. The summed E-state index contributed by atoms with van der Waals surface area (Å²) in [6, 6.07) is 15.1. The minimum atomic E-state index is -0.639. The Balaban J connectivity index is 1.92. The number of aliphatic hydroxyl groups is 1. The van der Waals surface area contributed by atoms with Crippen LogP contribution in [0.4, 0.5) is 0 Å². The summed E-state index contributed by atoms with van der Waals surface area (Å²) in [4.78, 5) is 12.9. The number of hydrogen-bond donors (Lipinski definition) is 2. The predicted molar refractivity (Wildman–Crippen MR) is 128 cm³/mol. The van der Waals surface area contributed by atoms with Crippen LogP contribution in [0, 0.1) is 17.8 Å². The molecular weight excluding hydrogens is 429 g/mol. The van der Waals surface area contributed by atoms with E-state index in [4.69, 9.17) is 23.2 Å². The first-order valence-corrected chi connectivity index (χ1v) is 11.7. The van der Waals surface area contributed by atoms with Crippen LogP contribution in [0.25, 0.3) is 0 Å². The van der Waals surface area contributed by atoms with Crippen LogP contribution in [0.2, 0.25) is 10.0 Å². The highest BCUT2D eigenvalue weighted by molar-refractivity contribution is 6.30. The van der Waals surface area contributed by atoms with Crippen LogP contribution in [-0.2, 0) is 4.79 Å². The number of hydrogen-bond acceptors (Lipinski definition) is 2. The topological polar surface area (TPSA) is 49.3 Å². The Morgan fingerprint density at radius 3 is 2.52 bits per heavy atom. The fourth-order valence-electron chi connectivity index (χ4n) is 4.98. The summed E-state index contributed by atoms with van der Waals surface area (Å²) in [5.74, 6) is 0.0947. The van der Waals surface area contributed by atoms with Crippen molar-refractivity contribution in [3.05, 3.63) is 82.4 Å². The zero-order chi connectivity index (χ0) is 22.5. The van der Waals surface area contributed by atoms with Gasteiger partial charge in [-0.2, -0.15) is 0 Å². The van der Waals surface area contributed by atoms with Gasteiger partial charge >= 0.3 is 0 Å². The van der Waals surface area contributed by atoms with Crippen molar-refractivity contribution in [1.82, 2.24) is 5.32 Å². The van der Waals surface area contributed by atoms with Crippen LogP contribution in [0.1, 0.15) is 56.3 Å². The quantitative estimate of drug-likeness (QED) is 0.439. The van der Waals surface area contributed by atoms with Gasteiger partial charge in [-0.25, -0.2) is 0 Å². The average molecular weight is 460 g/mol. The standard InChI is InChI=1S/C26H31Cl2NO2/c1-4-7-19-15-23(18-8-6-9-21(28)14-18)24(29-26(19)31)16(3)22(5-2)25(30)17-10-12-20(27)13-11-17/h4,6,8-14,16,19,22-25,30H,1,5,7,15H2,2-3H3,(H,29,31)/t16?,19?,22?,23-,24+,25-/m1/s1. The van der Waals surface area contributed by atoms with Crippen LogP contribution >= 0.6 is 23.2 Å². The Bertz CT molecular complexity index is 899. The number of allylic oxidation sites excluding steroid dienone is 1. The van der Waals surface area contributed by atoms with E-state index in [2.05, 4.69) is 31.8 Å². The molecule has 0 saturated carbocycles. The van der Waals surface area contributed by atoms with Crippen LogP contribution in [0.3, 0.4) is 0 Å². The van der Waals surface area contributed by atoms with Gasteiger partial charge in [0.2, 0.25) is 5.91 Å². The number of amides is 1. The normalized spacial score (nSPS) is 24.2. The monoisotopic (exact) mass is 459 g/mol. The van der Waals surface area contributed by atoms with Gasteiger partial charge in [-0.3, -0.25) is 4.79 Å². The van der Waals surface area contributed by atoms with E-state index >= 15 is 0 Å². The third kappa shape index (κ3) is 5.52. The van der Waals surface area contributed by atoms with Crippen LogP contribution in [0.5, 0.6) is 0 Å². The van der Waals surface area contributed by atoms with Crippen LogP contribution in [-0.4, -0.2) is 17.1 Å². The zero-order valence-corrected chi connectivity index (χ0v) is 19.6. The summed E-state index contributed by atoms with van der Waals surface area (Å²) in [5, 5.41) is 15.8. The highest BCUT2D eigenvalue weighted by atomic mass is 35.5. The number of nitrogens with one attached hydrogen (secondary N) is 1. The third-order valence-electron chi connectivity index (χ3n) is 6.71. The van der Waals surface area contributed by atoms with Crippen molar-refractivity contribution in [2.75, 3.05) is 0 Å². The van der Waals surface area contributed by atoms with E-state index in [-0.39, 0.29) is 35.6 Å². The first-order valence-electron chi connectivity index (χ1n) is 11.0. The molecule has 5 heteroatoms. The zero-order valence-electron chi connectivity index (χ0n) is 18.1. The Kier molecular flexibility index (Phi) is 8.21. The van der Waals surface area contributed by atoms with Crippen molar-refractivity contribution >= 4 is 29.1 Å². The Hall–Kier alpha value is -1.81. The highest BCUT2D eigenvalue weighted by Gasteiger charge is 2.41. The number of piperidine rings is 1. The van der Waals surface area contributed by atoms with Crippen molar-refractivity contribution in [1.29, 1.82) is 0 Å². The molecule has 0 aliphatic carbocycles. The molecule has 1 amide bonds. The van der Waals surface area contributed by atoms with Gasteiger partial charge < -0.3 is 10.4 Å². The maximum absolute atomic E-state index is 12.9. The highest BCUT2D eigenvalue weighted by Crippen LogP contribution is 2.42. The van der Waals surface area contributed by atoms with Crippen molar-refractivity contribution < 1.29 is 9.90 Å². The number of rotatable bonds is 8. The molecule has 2 aromatic rings. The molecule has 3 nitrogen and oxygen atoms in total. The minimum Gasteiger partial charge on any atom is -0.388 e. The van der Waals surface area contributed by atoms with Crippen molar-refractivity contribution in [2.45, 2.75) is 51.2 Å². The van der Waals surface area contributed by atoms with Gasteiger partial charge in [0.05, 0.1) is 6.10 Å². The molecule has 166 valence electrons. The first-order chi connectivity index (χ1) is 14.8. The number of aliphatic hydroxyl groups excluding tert-OH is 1. The summed E-state index contributed by atoms with van der Waals surface area (Å²) < 4.78 is 0. The molecule has 1 aliphatic heterocycles. The molecule has 2 aromatic carbocycles. The summed E-state index contributed by atoms with van der Waals surface area (Å²) in [5.41, 5.74) is 1.96. The molecule has 2 N–H and O–H groups in total. The molecule has 1 aliphatic rings. The van der Waals surface area contributed by atoms with E-state index in [9.17, 15) is 9.90 Å². The second kappa shape index (κ2) is 10.7. The molecule has 1 heterocycles. The van der Waals surface area contributed by atoms with Crippen LogP contribution < -0.4 is 5.32 Å². The van der Waals surface area contributed by atoms with Gasteiger partial charge in [-0.1, -0.05) is 73.8 Å². The van der Waals surface area contributed by atoms with Gasteiger partial charge in [0, 0.05) is 27.9 Å². The Morgan fingerprint density at radius 2 is 1.90 bits per heavy atom. The molecule has 0 spiro atoms. The summed E-state index contributed by atoms with van der Waals surface area (Å²) in [7, 11) is 0. The lowest BCUT2D eigenvalue weighted by atomic mass is 9.69. The second-order valence-electron chi connectivity index (χ2n) is 8.58. The number of halogens is 2. The maximum Gasteiger partial charge on any atom is 0.223 e. The average Bonchev–Trinajstić information content (AvgIpc) is 2.75. The van der Waals surface area contributed by atoms with E-state index in [1.165, 1.54) is 0 Å². The third-order valence-corrected chi connectivity index (χ3v) is 7.20. The predicted octanol–water partition coefficient (Wildman–Crippen LogP) is 6.55. The number of carbonyl (C=O) groups excluding carboxylic acids is 1. The lowest BCUT2D eigenvalue weighted by molar-refractivity contribution is -0.129.